The molecule has 2 N–H and O–H groups in total. The highest BCUT2D eigenvalue weighted by atomic mass is 16.2. The van der Waals surface area contributed by atoms with Gasteiger partial charge in [-0.3, -0.25) is 20.0 Å². The molecule has 0 bridgehead atoms. The van der Waals surface area contributed by atoms with Gasteiger partial charge in [0.25, 0.3) is 11.8 Å². The molecule has 0 aliphatic carbocycles. The molecule has 0 fully saturated rings. The van der Waals surface area contributed by atoms with E-state index in [1.165, 1.54) is 12.4 Å². The lowest BCUT2D eigenvalue weighted by Crippen LogP contribution is -2.19. The molecule has 1 aliphatic rings. The molecular weight excluding hydrogens is 184 g/mol. The number of hydrogen-bond acceptors (Lipinski definition) is 4. The molecule has 3 rings (SSSR count). The van der Waals surface area contributed by atoms with Crippen LogP contribution in [0.15, 0.2) is 12.4 Å². The van der Waals surface area contributed by atoms with Crippen molar-refractivity contribution >= 4 is 22.8 Å². The van der Waals surface area contributed by atoms with E-state index in [2.05, 4.69) is 20.5 Å². The molecule has 0 aromatic carbocycles. The van der Waals surface area contributed by atoms with Gasteiger partial charge in [-0.15, -0.1) is 0 Å². The Hall–Kier alpha value is -2.24. The number of carbonyl (C=O) groups excluding carboxylic acids is 2. The number of aromatic nitrogens is 3. The Morgan fingerprint density at radius 3 is 2.86 bits per heavy atom. The summed E-state index contributed by atoms with van der Waals surface area (Å²) in [5.41, 5.74) is 1.17. The Morgan fingerprint density at radius 2 is 2.00 bits per heavy atom. The maximum atomic E-state index is 11.4. The largest absolute Gasteiger partial charge is 0.288 e. The smallest absolute Gasteiger partial charge is 0.260 e. The Kier molecular flexibility index (Phi) is 1.11. The van der Waals surface area contributed by atoms with E-state index in [0.717, 1.165) is 0 Å². The summed E-state index contributed by atoms with van der Waals surface area (Å²) in [6.07, 6.45) is 2.86. The number of pyridine rings is 1. The molecule has 14 heavy (non-hydrogen) atoms. The van der Waals surface area contributed by atoms with E-state index >= 15 is 0 Å². The van der Waals surface area contributed by atoms with Crippen molar-refractivity contribution < 1.29 is 9.59 Å². The van der Waals surface area contributed by atoms with Crippen molar-refractivity contribution in [1.82, 2.24) is 20.5 Å². The SMILES string of the molecule is O=C1NC(=O)c2c1cnc1[nH]ncc21. The Balaban J connectivity index is 2.51. The molecule has 0 unspecified atom stereocenters. The lowest BCUT2D eigenvalue weighted by Gasteiger charge is -1.93. The number of amides is 2. The second kappa shape index (κ2) is 2.16. The number of hydrogen-bond donors (Lipinski definition) is 2. The number of imide groups is 1. The number of aromatic amines is 1. The molecule has 2 amide bonds. The number of nitrogens with zero attached hydrogens (tertiary/aromatic N) is 2. The lowest BCUT2D eigenvalue weighted by atomic mass is 10.1. The quantitative estimate of drug-likeness (QED) is 0.562. The summed E-state index contributed by atoms with van der Waals surface area (Å²) in [6, 6.07) is 0. The van der Waals surface area contributed by atoms with Crippen LogP contribution in [0.5, 0.6) is 0 Å². The molecule has 0 spiro atoms. The molecule has 0 saturated carbocycles. The van der Waals surface area contributed by atoms with Gasteiger partial charge in [0.15, 0.2) is 5.65 Å². The van der Waals surface area contributed by atoms with Gasteiger partial charge in [0.05, 0.1) is 22.7 Å². The predicted molar refractivity (Wildman–Crippen MR) is 45.7 cm³/mol. The minimum atomic E-state index is -0.402. The third kappa shape index (κ3) is 0.698. The summed E-state index contributed by atoms with van der Waals surface area (Å²) in [7, 11) is 0. The van der Waals surface area contributed by atoms with Crippen molar-refractivity contribution in [3.63, 3.8) is 0 Å². The van der Waals surface area contributed by atoms with Crippen LogP contribution in [0.4, 0.5) is 0 Å². The highest BCUT2D eigenvalue weighted by Gasteiger charge is 2.29. The average Bonchev–Trinajstić information content (AvgIpc) is 2.71. The molecule has 1 aliphatic heterocycles. The van der Waals surface area contributed by atoms with Crippen LogP contribution in [-0.2, 0) is 0 Å². The monoisotopic (exact) mass is 188 g/mol. The van der Waals surface area contributed by atoms with E-state index in [1.54, 1.807) is 0 Å². The van der Waals surface area contributed by atoms with Gasteiger partial charge >= 0.3 is 0 Å². The van der Waals surface area contributed by atoms with Crippen LogP contribution in [0.2, 0.25) is 0 Å². The normalized spacial score (nSPS) is 14.6. The maximum absolute atomic E-state index is 11.4. The zero-order chi connectivity index (χ0) is 9.71. The molecular formula is C8H4N4O2. The standard InChI is InChI=1S/C8H4N4O2/c13-7-4-1-9-6-3(2-10-12-6)5(4)8(14)11-7/h1-2H,(H,9,10,12)(H,11,13,14). The maximum Gasteiger partial charge on any atom is 0.260 e. The van der Waals surface area contributed by atoms with Crippen molar-refractivity contribution in [1.29, 1.82) is 0 Å². The van der Waals surface area contributed by atoms with Crippen LogP contribution in [-0.4, -0.2) is 27.0 Å². The predicted octanol–water partition coefficient (Wildman–Crippen LogP) is -0.159. The summed E-state index contributed by atoms with van der Waals surface area (Å²) >= 11 is 0. The first-order valence-electron chi connectivity index (χ1n) is 3.95. The van der Waals surface area contributed by atoms with Crippen LogP contribution >= 0.6 is 0 Å². The van der Waals surface area contributed by atoms with Crippen molar-refractivity contribution in [3.8, 4) is 0 Å². The Bertz CT molecular complexity index is 572. The molecule has 3 heterocycles. The minimum Gasteiger partial charge on any atom is -0.288 e. The Morgan fingerprint density at radius 1 is 1.14 bits per heavy atom. The zero-order valence-corrected chi connectivity index (χ0v) is 6.87. The molecule has 0 atom stereocenters. The van der Waals surface area contributed by atoms with Gasteiger partial charge in [0.1, 0.15) is 0 Å². The summed E-state index contributed by atoms with van der Waals surface area (Å²) in [4.78, 5) is 26.6. The zero-order valence-electron chi connectivity index (χ0n) is 6.87. The van der Waals surface area contributed by atoms with Gasteiger partial charge in [-0.05, 0) is 0 Å². The third-order valence-electron chi connectivity index (χ3n) is 2.18. The van der Waals surface area contributed by atoms with E-state index in [0.29, 0.717) is 22.2 Å². The second-order valence-electron chi connectivity index (χ2n) is 2.96. The van der Waals surface area contributed by atoms with Crippen LogP contribution < -0.4 is 5.32 Å². The highest BCUT2D eigenvalue weighted by molar-refractivity contribution is 6.25. The fourth-order valence-electron chi connectivity index (χ4n) is 1.55. The number of fused-ring (bicyclic) bond motifs is 3. The van der Waals surface area contributed by atoms with Crippen LogP contribution in [0, 0.1) is 0 Å². The van der Waals surface area contributed by atoms with Gasteiger partial charge in [0, 0.05) is 6.20 Å². The molecule has 2 aromatic rings. The summed E-state index contributed by atoms with van der Waals surface area (Å²) in [5, 5.41) is 9.17. The third-order valence-corrected chi connectivity index (χ3v) is 2.18. The first kappa shape index (κ1) is 7.19. The number of nitrogens with one attached hydrogen (secondary N) is 2. The second-order valence-corrected chi connectivity index (χ2v) is 2.96. The number of rotatable bonds is 0. The fourth-order valence-corrected chi connectivity index (χ4v) is 1.55. The Labute approximate surface area is 77.3 Å². The van der Waals surface area contributed by atoms with E-state index in [9.17, 15) is 9.59 Å². The number of carbonyl (C=O) groups is 2. The van der Waals surface area contributed by atoms with Gasteiger partial charge in [-0.2, -0.15) is 5.10 Å². The van der Waals surface area contributed by atoms with Crippen molar-refractivity contribution in [3.05, 3.63) is 23.5 Å². The molecule has 2 aromatic heterocycles. The lowest BCUT2D eigenvalue weighted by molar-refractivity contribution is 0.0880. The summed E-state index contributed by atoms with van der Waals surface area (Å²) in [5.74, 6) is -0.792. The molecule has 68 valence electrons. The average molecular weight is 188 g/mol. The van der Waals surface area contributed by atoms with Gasteiger partial charge in [-0.25, -0.2) is 4.98 Å². The summed E-state index contributed by atoms with van der Waals surface area (Å²) < 4.78 is 0. The van der Waals surface area contributed by atoms with Gasteiger partial charge in [-0.1, -0.05) is 0 Å². The topological polar surface area (TPSA) is 87.7 Å². The van der Waals surface area contributed by atoms with Crippen molar-refractivity contribution in [2.75, 3.05) is 0 Å². The van der Waals surface area contributed by atoms with Crippen molar-refractivity contribution in [2.24, 2.45) is 0 Å². The summed E-state index contributed by atoms with van der Waals surface area (Å²) in [6.45, 7) is 0. The van der Waals surface area contributed by atoms with Crippen LogP contribution in [0.25, 0.3) is 11.0 Å². The van der Waals surface area contributed by atoms with Crippen molar-refractivity contribution in [2.45, 2.75) is 0 Å². The van der Waals surface area contributed by atoms with Crippen LogP contribution in [0.1, 0.15) is 20.7 Å². The minimum absolute atomic E-state index is 0.309. The molecule has 6 nitrogen and oxygen atoms in total. The molecule has 0 radical (unpaired) electrons. The number of H-pyrrole nitrogens is 1. The first-order chi connectivity index (χ1) is 6.77. The van der Waals surface area contributed by atoms with E-state index in [-0.39, 0.29) is 5.91 Å². The first-order valence-corrected chi connectivity index (χ1v) is 3.95. The van der Waals surface area contributed by atoms with Gasteiger partial charge in [0.2, 0.25) is 0 Å². The van der Waals surface area contributed by atoms with E-state index < -0.39 is 5.91 Å². The van der Waals surface area contributed by atoms with E-state index in [1.807, 2.05) is 0 Å². The fraction of sp³-hybridized carbons (Fsp3) is 0. The van der Waals surface area contributed by atoms with Gasteiger partial charge < -0.3 is 0 Å². The van der Waals surface area contributed by atoms with E-state index in [4.69, 9.17) is 0 Å². The molecule has 6 heteroatoms. The van der Waals surface area contributed by atoms with Crippen LogP contribution in [0.3, 0.4) is 0 Å². The molecule has 0 saturated heterocycles. The highest BCUT2D eigenvalue weighted by Crippen LogP contribution is 2.22.